The van der Waals surface area contributed by atoms with E-state index in [1.807, 2.05) is 11.8 Å². The minimum atomic E-state index is 0.446. The van der Waals surface area contributed by atoms with Gasteiger partial charge in [-0.05, 0) is 26.2 Å². The van der Waals surface area contributed by atoms with E-state index in [1.54, 1.807) is 0 Å². The fourth-order valence-corrected chi connectivity index (χ4v) is 5.60. The van der Waals surface area contributed by atoms with E-state index in [4.69, 9.17) is 9.97 Å². The van der Waals surface area contributed by atoms with Gasteiger partial charge in [-0.1, -0.05) is 20.8 Å². The molecule has 5 heteroatoms. The molecular formula is C16H27N3S2. The smallest absolute Gasteiger partial charge is 0.145 e. The summed E-state index contributed by atoms with van der Waals surface area (Å²) in [4.78, 5) is 9.78. The van der Waals surface area contributed by atoms with E-state index in [0.717, 1.165) is 31.0 Å². The molecule has 0 spiro atoms. The molecule has 2 unspecified atom stereocenters. The summed E-state index contributed by atoms with van der Waals surface area (Å²) in [6.07, 6.45) is 3.29. The van der Waals surface area contributed by atoms with Crippen LogP contribution in [0, 0.1) is 6.92 Å². The highest BCUT2D eigenvalue weighted by Gasteiger charge is 2.29. The zero-order chi connectivity index (χ0) is 15.2. The Bertz CT molecular complexity index is 465. The van der Waals surface area contributed by atoms with Crippen LogP contribution >= 0.6 is 23.5 Å². The number of nitrogens with zero attached hydrogens (tertiary/aromatic N) is 2. The summed E-state index contributed by atoms with van der Waals surface area (Å²) in [7, 11) is 0. The molecule has 1 aliphatic heterocycles. The van der Waals surface area contributed by atoms with Gasteiger partial charge in [0.25, 0.3) is 0 Å². The van der Waals surface area contributed by atoms with Gasteiger partial charge in [0.2, 0.25) is 0 Å². The fourth-order valence-electron chi connectivity index (χ4n) is 2.61. The first kappa shape index (κ1) is 16.9. The van der Waals surface area contributed by atoms with Crippen LogP contribution in [0.4, 0.5) is 5.82 Å². The number of thioether (sulfide) groups is 2. The first-order valence-electron chi connectivity index (χ1n) is 8.05. The normalized spacial score (nSPS) is 22.3. The zero-order valence-corrected chi connectivity index (χ0v) is 15.2. The van der Waals surface area contributed by atoms with Crippen molar-refractivity contribution in [2.45, 2.75) is 57.5 Å². The maximum absolute atomic E-state index is 4.90. The molecule has 1 fully saturated rings. The molecule has 21 heavy (non-hydrogen) atoms. The van der Waals surface area contributed by atoms with Crippen molar-refractivity contribution in [1.29, 1.82) is 0 Å². The molecule has 0 saturated carbocycles. The lowest BCUT2D eigenvalue weighted by Gasteiger charge is -2.29. The predicted molar refractivity (Wildman–Crippen MR) is 96.7 cm³/mol. The van der Waals surface area contributed by atoms with Gasteiger partial charge in [0.15, 0.2) is 0 Å². The van der Waals surface area contributed by atoms with Crippen LogP contribution in [-0.4, -0.2) is 33.3 Å². The molecule has 2 heterocycles. The summed E-state index contributed by atoms with van der Waals surface area (Å²) in [5, 5.41) is 4.58. The van der Waals surface area contributed by atoms with Gasteiger partial charge in [0, 0.05) is 34.6 Å². The third kappa shape index (κ3) is 4.07. The van der Waals surface area contributed by atoms with Crippen LogP contribution in [0.5, 0.6) is 0 Å². The average molecular weight is 326 g/mol. The number of hydrogen-bond donors (Lipinski definition) is 1. The first-order valence-corrected chi connectivity index (χ1v) is 10.1. The van der Waals surface area contributed by atoms with Gasteiger partial charge in [-0.25, -0.2) is 9.97 Å². The molecule has 1 aromatic rings. The highest BCUT2D eigenvalue weighted by Crippen LogP contribution is 2.43. The molecule has 0 bridgehead atoms. The molecule has 1 aliphatic rings. The van der Waals surface area contributed by atoms with Crippen molar-refractivity contribution in [3.05, 3.63) is 17.1 Å². The molecule has 0 amide bonds. The third-order valence-electron chi connectivity index (χ3n) is 3.85. The second kappa shape index (κ2) is 8.28. The number of nitrogens with one attached hydrogen (secondary N) is 1. The highest BCUT2D eigenvalue weighted by atomic mass is 32.2. The molecule has 1 aromatic heterocycles. The summed E-state index contributed by atoms with van der Waals surface area (Å²) in [6.45, 7) is 9.77. The van der Waals surface area contributed by atoms with E-state index in [2.05, 4.69) is 44.8 Å². The second-order valence-corrected chi connectivity index (χ2v) is 7.99. The molecule has 118 valence electrons. The molecular weight excluding hydrogens is 298 g/mol. The average Bonchev–Trinajstić information content (AvgIpc) is 2.53. The summed E-state index contributed by atoms with van der Waals surface area (Å²) in [6, 6.07) is 0. The zero-order valence-electron chi connectivity index (χ0n) is 13.6. The van der Waals surface area contributed by atoms with Crippen molar-refractivity contribution in [3.63, 3.8) is 0 Å². The standard InChI is InChI=1S/C16H27N3S2/c1-5-8-17-15-11(4)12(6-2)18-16(19-15)14-13(7-3)20-9-10-21-14/h13-14H,5-10H2,1-4H3,(H,17,18,19). The molecule has 2 rings (SSSR count). The first-order chi connectivity index (χ1) is 10.2. The van der Waals surface area contributed by atoms with Crippen molar-refractivity contribution in [1.82, 2.24) is 9.97 Å². The SMILES string of the molecule is CCCNc1nc(C2SCCSC2CC)nc(CC)c1C. The van der Waals surface area contributed by atoms with Crippen molar-refractivity contribution in [3.8, 4) is 0 Å². The van der Waals surface area contributed by atoms with Crippen LogP contribution in [0.15, 0.2) is 0 Å². The maximum atomic E-state index is 4.90. The molecule has 3 nitrogen and oxygen atoms in total. The fraction of sp³-hybridized carbons (Fsp3) is 0.750. The van der Waals surface area contributed by atoms with Gasteiger partial charge in [0.1, 0.15) is 11.6 Å². The van der Waals surface area contributed by atoms with Crippen LogP contribution in [0.2, 0.25) is 0 Å². The van der Waals surface area contributed by atoms with E-state index < -0.39 is 0 Å². The number of anilines is 1. The predicted octanol–water partition coefficient (Wildman–Crippen LogP) is 4.47. The lowest BCUT2D eigenvalue weighted by atomic mass is 10.1. The summed E-state index contributed by atoms with van der Waals surface area (Å²) < 4.78 is 0. The second-order valence-electron chi connectivity index (χ2n) is 5.39. The Morgan fingerprint density at radius 3 is 2.57 bits per heavy atom. The Labute approximate surface area is 137 Å². The topological polar surface area (TPSA) is 37.8 Å². The van der Waals surface area contributed by atoms with E-state index in [9.17, 15) is 0 Å². The Morgan fingerprint density at radius 2 is 1.90 bits per heavy atom. The van der Waals surface area contributed by atoms with Crippen LogP contribution in [-0.2, 0) is 6.42 Å². The van der Waals surface area contributed by atoms with Crippen LogP contribution in [0.25, 0.3) is 0 Å². The van der Waals surface area contributed by atoms with E-state index in [0.29, 0.717) is 10.5 Å². The summed E-state index contributed by atoms with van der Waals surface area (Å²) in [5.41, 5.74) is 2.42. The maximum Gasteiger partial charge on any atom is 0.145 e. The highest BCUT2D eigenvalue weighted by molar-refractivity contribution is 8.06. The molecule has 0 radical (unpaired) electrons. The van der Waals surface area contributed by atoms with Gasteiger partial charge < -0.3 is 5.32 Å². The monoisotopic (exact) mass is 325 g/mol. The number of aromatic nitrogens is 2. The molecule has 1 saturated heterocycles. The molecule has 0 aromatic carbocycles. The van der Waals surface area contributed by atoms with Crippen molar-refractivity contribution in [2.24, 2.45) is 0 Å². The molecule has 0 aliphatic carbocycles. The van der Waals surface area contributed by atoms with Gasteiger partial charge in [0.05, 0.1) is 5.25 Å². The van der Waals surface area contributed by atoms with Crippen molar-refractivity contribution < 1.29 is 0 Å². The Hall–Kier alpha value is -0.420. The van der Waals surface area contributed by atoms with Crippen LogP contribution < -0.4 is 5.32 Å². The van der Waals surface area contributed by atoms with Gasteiger partial charge in [-0.2, -0.15) is 11.8 Å². The van der Waals surface area contributed by atoms with Gasteiger partial charge in [-0.3, -0.25) is 0 Å². The van der Waals surface area contributed by atoms with Gasteiger partial charge in [-0.15, -0.1) is 11.8 Å². The largest absolute Gasteiger partial charge is 0.370 e. The quantitative estimate of drug-likeness (QED) is 0.835. The lowest BCUT2D eigenvalue weighted by Crippen LogP contribution is -2.22. The van der Waals surface area contributed by atoms with Gasteiger partial charge >= 0.3 is 0 Å². The summed E-state index contributed by atoms with van der Waals surface area (Å²) in [5.74, 6) is 4.56. The lowest BCUT2D eigenvalue weighted by molar-refractivity contribution is 0.738. The van der Waals surface area contributed by atoms with Crippen molar-refractivity contribution in [2.75, 3.05) is 23.4 Å². The molecule has 1 N–H and O–H groups in total. The van der Waals surface area contributed by atoms with Crippen molar-refractivity contribution >= 4 is 29.3 Å². The third-order valence-corrected chi connectivity index (χ3v) is 7.09. The van der Waals surface area contributed by atoms with E-state index >= 15 is 0 Å². The number of hydrogen-bond acceptors (Lipinski definition) is 5. The summed E-state index contributed by atoms with van der Waals surface area (Å²) >= 11 is 4.12. The minimum absolute atomic E-state index is 0.446. The number of rotatable bonds is 6. The van der Waals surface area contributed by atoms with E-state index in [-0.39, 0.29) is 0 Å². The Kier molecular flexibility index (Phi) is 6.68. The minimum Gasteiger partial charge on any atom is -0.370 e. The Balaban J connectivity index is 2.33. The Morgan fingerprint density at radius 1 is 1.14 bits per heavy atom. The molecule has 2 atom stereocenters. The number of aryl methyl sites for hydroxylation is 1. The van der Waals surface area contributed by atoms with Crippen LogP contribution in [0.1, 0.15) is 55.9 Å². The van der Waals surface area contributed by atoms with E-state index in [1.165, 1.54) is 29.2 Å². The van der Waals surface area contributed by atoms with Crippen LogP contribution in [0.3, 0.4) is 0 Å².